The first kappa shape index (κ1) is 14.0. The molecule has 0 bridgehead atoms. The van der Waals surface area contributed by atoms with E-state index in [1.807, 2.05) is 30.5 Å². The van der Waals surface area contributed by atoms with Gasteiger partial charge in [-0.3, -0.25) is 4.79 Å². The van der Waals surface area contributed by atoms with Crippen molar-refractivity contribution in [2.45, 2.75) is 48.6 Å². The van der Waals surface area contributed by atoms with Crippen molar-refractivity contribution in [3.63, 3.8) is 0 Å². The van der Waals surface area contributed by atoms with Crippen molar-refractivity contribution < 1.29 is 4.79 Å². The molecule has 1 heterocycles. The third-order valence-corrected chi connectivity index (χ3v) is 5.42. The zero-order valence-corrected chi connectivity index (χ0v) is 12.8. The topological polar surface area (TPSA) is 41.1 Å². The van der Waals surface area contributed by atoms with Crippen molar-refractivity contribution >= 4 is 17.7 Å². The van der Waals surface area contributed by atoms with Crippen LogP contribution in [0, 0.1) is 0 Å². The van der Waals surface area contributed by atoms with E-state index >= 15 is 0 Å². The van der Waals surface area contributed by atoms with Gasteiger partial charge in [-0.05, 0) is 57.0 Å². The number of benzene rings is 1. The zero-order chi connectivity index (χ0) is 14.0. The molecular weight excluding hydrogens is 268 g/mol. The van der Waals surface area contributed by atoms with Crippen LogP contribution < -0.4 is 10.6 Å². The summed E-state index contributed by atoms with van der Waals surface area (Å²) in [6, 6.07) is 8.16. The number of rotatable bonds is 3. The molecule has 2 aliphatic rings. The molecule has 1 aliphatic heterocycles. The van der Waals surface area contributed by atoms with Crippen molar-refractivity contribution in [2.75, 3.05) is 12.8 Å². The molecule has 1 aliphatic carbocycles. The number of amides is 1. The Morgan fingerprint density at radius 3 is 2.90 bits per heavy atom. The number of thioether (sulfide) groups is 1. The van der Waals surface area contributed by atoms with Crippen LogP contribution in [0.2, 0.25) is 0 Å². The lowest BCUT2D eigenvalue weighted by atomic mass is 9.70. The lowest BCUT2D eigenvalue weighted by molar-refractivity contribution is 0.0850. The van der Waals surface area contributed by atoms with E-state index in [0.29, 0.717) is 11.6 Å². The third-order valence-electron chi connectivity index (χ3n) is 4.63. The van der Waals surface area contributed by atoms with Gasteiger partial charge in [0.15, 0.2) is 0 Å². The standard InChI is InChI=1S/C16H22N2OS/c1-20-14-6-3-2-5-13(14)15(19)18-12-7-10-17-16(11-12)8-4-9-16/h2-3,5-6,12,17H,4,7-11H2,1H3,(H,18,19). The summed E-state index contributed by atoms with van der Waals surface area (Å²) < 4.78 is 0. The van der Waals surface area contributed by atoms with Crippen LogP contribution in [0.4, 0.5) is 0 Å². The fourth-order valence-corrected chi connectivity index (χ4v) is 3.96. The largest absolute Gasteiger partial charge is 0.349 e. The second-order valence-corrected chi connectivity index (χ2v) is 6.77. The highest BCUT2D eigenvalue weighted by molar-refractivity contribution is 7.98. The molecule has 3 nitrogen and oxygen atoms in total. The predicted molar refractivity (Wildman–Crippen MR) is 83.3 cm³/mol. The minimum Gasteiger partial charge on any atom is -0.349 e. The van der Waals surface area contributed by atoms with Gasteiger partial charge in [0.25, 0.3) is 5.91 Å². The molecule has 2 N–H and O–H groups in total. The zero-order valence-electron chi connectivity index (χ0n) is 11.9. The van der Waals surface area contributed by atoms with Gasteiger partial charge in [-0.15, -0.1) is 11.8 Å². The van der Waals surface area contributed by atoms with Gasteiger partial charge in [-0.25, -0.2) is 0 Å². The summed E-state index contributed by atoms with van der Waals surface area (Å²) in [5.41, 5.74) is 1.14. The molecule has 1 spiro atoms. The molecule has 4 heteroatoms. The second-order valence-electron chi connectivity index (χ2n) is 5.92. The van der Waals surface area contributed by atoms with Crippen LogP contribution in [0.3, 0.4) is 0 Å². The average Bonchev–Trinajstić information content (AvgIpc) is 2.46. The Hall–Kier alpha value is -1.00. The van der Waals surface area contributed by atoms with Crippen LogP contribution >= 0.6 is 11.8 Å². The van der Waals surface area contributed by atoms with Gasteiger partial charge in [0.1, 0.15) is 0 Å². The van der Waals surface area contributed by atoms with E-state index in [1.54, 1.807) is 11.8 Å². The van der Waals surface area contributed by atoms with Crippen molar-refractivity contribution in [1.82, 2.24) is 10.6 Å². The highest BCUT2D eigenvalue weighted by atomic mass is 32.2. The normalized spacial score (nSPS) is 24.1. The van der Waals surface area contributed by atoms with Gasteiger partial charge in [0, 0.05) is 16.5 Å². The Labute approximate surface area is 124 Å². The molecular formula is C16H22N2OS. The first-order chi connectivity index (χ1) is 9.72. The number of hydrogen-bond donors (Lipinski definition) is 2. The number of piperidine rings is 1. The van der Waals surface area contributed by atoms with Crippen LogP contribution in [0.15, 0.2) is 29.2 Å². The molecule has 1 atom stereocenters. The molecule has 20 heavy (non-hydrogen) atoms. The minimum atomic E-state index is 0.0799. The number of hydrogen-bond acceptors (Lipinski definition) is 3. The minimum absolute atomic E-state index is 0.0799. The first-order valence-corrected chi connectivity index (χ1v) is 8.64. The summed E-state index contributed by atoms with van der Waals surface area (Å²) in [4.78, 5) is 13.5. The number of nitrogens with one attached hydrogen (secondary N) is 2. The van der Waals surface area contributed by atoms with E-state index in [0.717, 1.165) is 29.8 Å². The van der Waals surface area contributed by atoms with Gasteiger partial charge in [-0.2, -0.15) is 0 Å². The van der Waals surface area contributed by atoms with Crippen LogP contribution in [0.1, 0.15) is 42.5 Å². The maximum atomic E-state index is 12.5. The highest BCUT2D eigenvalue weighted by Crippen LogP contribution is 2.38. The molecule has 2 fully saturated rings. The summed E-state index contributed by atoms with van der Waals surface area (Å²) in [6.45, 7) is 1.02. The molecule has 3 rings (SSSR count). The molecule has 0 radical (unpaired) electrons. The van der Waals surface area contributed by atoms with E-state index in [9.17, 15) is 4.79 Å². The maximum absolute atomic E-state index is 12.5. The smallest absolute Gasteiger partial charge is 0.252 e. The summed E-state index contributed by atoms with van der Waals surface area (Å²) >= 11 is 1.63. The van der Waals surface area contributed by atoms with Gasteiger partial charge in [0.2, 0.25) is 0 Å². The van der Waals surface area contributed by atoms with Crippen LogP contribution in [-0.4, -0.2) is 30.3 Å². The average molecular weight is 290 g/mol. The van der Waals surface area contributed by atoms with Crippen LogP contribution in [0.5, 0.6) is 0 Å². The van der Waals surface area contributed by atoms with Crippen LogP contribution in [0.25, 0.3) is 0 Å². The lowest BCUT2D eigenvalue weighted by Gasteiger charge is -2.48. The van der Waals surface area contributed by atoms with Gasteiger partial charge in [0.05, 0.1) is 5.56 Å². The van der Waals surface area contributed by atoms with E-state index in [1.165, 1.54) is 19.3 Å². The Morgan fingerprint density at radius 1 is 1.40 bits per heavy atom. The van der Waals surface area contributed by atoms with Crippen molar-refractivity contribution in [3.05, 3.63) is 29.8 Å². The Bertz CT molecular complexity index is 499. The molecule has 1 aromatic rings. The van der Waals surface area contributed by atoms with Crippen molar-refractivity contribution in [2.24, 2.45) is 0 Å². The predicted octanol–water partition coefficient (Wildman–Crippen LogP) is 2.81. The van der Waals surface area contributed by atoms with Crippen LogP contribution in [-0.2, 0) is 0 Å². The summed E-state index contributed by atoms with van der Waals surface area (Å²) in [6.07, 6.45) is 7.99. The fourth-order valence-electron chi connectivity index (χ4n) is 3.36. The highest BCUT2D eigenvalue weighted by Gasteiger charge is 2.41. The van der Waals surface area contributed by atoms with E-state index < -0.39 is 0 Å². The Balaban J connectivity index is 1.66. The number of carbonyl (C=O) groups excluding carboxylic acids is 1. The quantitative estimate of drug-likeness (QED) is 0.841. The summed E-state index contributed by atoms with van der Waals surface area (Å²) in [5.74, 6) is 0.0799. The second kappa shape index (κ2) is 5.78. The molecule has 108 valence electrons. The van der Waals surface area contributed by atoms with Gasteiger partial charge < -0.3 is 10.6 Å². The first-order valence-electron chi connectivity index (χ1n) is 7.41. The summed E-state index contributed by atoms with van der Waals surface area (Å²) in [7, 11) is 0. The van der Waals surface area contributed by atoms with E-state index in [4.69, 9.17) is 0 Å². The van der Waals surface area contributed by atoms with Gasteiger partial charge >= 0.3 is 0 Å². The number of carbonyl (C=O) groups is 1. The summed E-state index contributed by atoms with van der Waals surface area (Å²) in [5, 5.41) is 6.88. The monoisotopic (exact) mass is 290 g/mol. The van der Waals surface area contributed by atoms with Gasteiger partial charge in [-0.1, -0.05) is 12.1 Å². The molecule has 1 unspecified atom stereocenters. The third kappa shape index (κ3) is 2.72. The fraction of sp³-hybridized carbons (Fsp3) is 0.562. The van der Waals surface area contributed by atoms with Crippen molar-refractivity contribution in [1.29, 1.82) is 0 Å². The SMILES string of the molecule is CSc1ccccc1C(=O)NC1CCNC2(CCC2)C1. The molecule has 1 saturated carbocycles. The Morgan fingerprint density at radius 2 is 2.20 bits per heavy atom. The van der Waals surface area contributed by atoms with Crippen molar-refractivity contribution in [3.8, 4) is 0 Å². The molecule has 1 saturated heterocycles. The maximum Gasteiger partial charge on any atom is 0.252 e. The lowest BCUT2D eigenvalue weighted by Crippen LogP contribution is -2.59. The molecule has 1 amide bonds. The Kier molecular flexibility index (Phi) is 4.03. The van der Waals surface area contributed by atoms with E-state index in [-0.39, 0.29) is 5.91 Å². The van der Waals surface area contributed by atoms with E-state index in [2.05, 4.69) is 10.6 Å². The molecule has 0 aromatic heterocycles. The molecule has 1 aromatic carbocycles.